The molecule has 0 radical (unpaired) electrons. The molecule has 0 aliphatic carbocycles. The third-order valence-electron chi connectivity index (χ3n) is 3.13. The van der Waals surface area contributed by atoms with Gasteiger partial charge in [-0.05, 0) is 38.8 Å². The molecule has 2 rings (SSSR count). The summed E-state index contributed by atoms with van der Waals surface area (Å²) in [6.07, 6.45) is 2.14. The van der Waals surface area contributed by atoms with Gasteiger partial charge < -0.3 is 10.1 Å². The second-order valence-corrected chi connectivity index (χ2v) is 6.13. The first-order valence-electron chi connectivity index (χ1n) is 7.47. The summed E-state index contributed by atoms with van der Waals surface area (Å²) < 4.78 is 5.29. The van der Waals surface area contributed by atoms with Gasteiger partial charge in [0.25, 0.3) is 5.91 Å². The number of aromatic amines is 1. The molecule has 0 unspecified atom stereocenters. The van der Waals surface area contributed by atoms with Gasteiger partial charge >= 0.3 is 5.97 Å². The highest BCUT2D eigenvalue weighted by Crippen LogP contribution is 2.19. The Morgan fingerprint density at radius 1 is 1.26 bits per heavy atom. The first kappa shape index (κ1) is 16.7. The summed E-state index contributed by atoms with van der Waals surface area (Å²) in [6.45, 7) is 7.31. The van der Waals surface area contributed by atoms with Gasteiger partial charge in [0.1, 0.15) is 5.60 Å². The highest BCUT2D eigenvalue weighted by atomic mass is 16.6. The monoisotopic (exact) mass is 315 g/mol. The molecule has 0 fully saturated rings. The lowest BCUT2D eigenvalue weighted by Crippen LogP contribution is -2.25. The van der Waals surface area contributed by atoms with E-state index in [4.69, 9.17) is 4.74 Å². The second kappa shape index (κ2) is 6.64. The van der Waals surface area contributed by atoms with Gasteiger partial charge in [-0.15, -0.1) is 0 Å². The van der Waals surface area contributed by atoms with Crippen LogP contribution in [0, 0.1) is 0 Å². The Balaban J connectivity index is 2.20. The van der Waals surface area contributed by atoms with E-state index >= 15 is 0 Å². The van der Waals surface area contributed by atoms with E-state index in [1.165, 1.54) is 6.20 Å². The van der Waals surface area contributed by atoms with Gasteiger partial charge in [0.2, 0.25) is 0 Å². The van der Waals surface area contributed by atoms with Crippen molar-refractivity contribution in [2.24, 2.45) is 0 Å². The standard InChI is InChI=1S/C17H21N3O3/c1-5-11-8-6-7-9-12(11)15(21)19-13-10-18-20-14(13)16(22)23-17(2,3)4/h6-10H,5H2,1-4H3,(H,18,20)(H,19,21). The van der Waals surface area contributed by atoms with Crippen LogP contribution in [0.2, 0.25) is 0 Å². The predicted octanol–water partition coefficient (Wildman–Crippen LogP) is 3.18. The Labute approximate surface area is 135 Å². The van der Waals surface area contributed by atoms with Crippen molar-refractivity contribution in [1.82, 2.24) is 10.2 Å². The zero-order valence-corrected chi connectivity index (χ0v) is 13.8. The number of hydrogen-bond acceptors (Lipinski definition) is 4. The molecule has 1 aromatic carbocycles. The van der Waals surface area contributed by atoms with Crippen LogP contribution in [0.15, 0.2) is 30.5 Å². The number of amides is 1. The Kier molecular flexibility index (Phi) is 4.83. The number of anilines is 1. The summed E-state index contributed by atoms with van der Waals surface area (Å²) in [5, 5.41) is 9.11. The normalized spacial score (nSPS) is 11.1. The van der Waals surface area contributed by atoms with Crippen LogP contribution in [-0.4, -0.2) is 27.7 Å². The number of nitrogens with one attached hydrogen (secondary N) is 2. The third-order valence-corrected chi connectivity index (χ3v) is 3.13. The van der Waals surface area contributed by atoms with Crippen LogP contribution in [0.25, 0.3) is 0 Å². The topological polar surface area (TPSA) is 84.1 Å². The quantitative estimate of drug-likeness (QED) is 0.849. The summed E-state index contributed by atoms with van der Waals surface area (Å²) in [4.78, 5) is 24.6. The zero-order chi connectivity index (χ0) is 17.0. The summed E-state index contributed by atoms with van der Waals surface area (Å²) in [6, 6.07) is 7.35. The fourth-order valence-corrected chi connectivity index (χ4v) is 2.11. The number of carbonyl (C=O) groups is 2. The molecule has 1 aromatic heterocycles. The Bertz CT molecular complexity index is 714. The maximum atomic E-state index is 12.4. The minimum atomic E-state index is -0.627. The summed E-state index contributed by atoms with van der Waals surface area (Å²) in [7, 11) is 0. The molecule has 1 amide bonds. The van der Waals surface area contributed by atoms with Gasteiger partial charge in [0.15, 0.2) is 5.69 Å². The molecule has 0 saturated heterocycles. The lowest BCUT2D eigenvalue weighted by Gasteiger charge is -2.19. The van der Waals surface area contributed by atoms with Gasteiger partial charge in [-0.25, -0.2) is 4.79 Å². The molecular weight excluding hydrogens is 294 g/mol. The minimum absolute atomic E-state index is 0.127. The number of aryl methyl sites for hydroxylation is 1. The first-order valence-corrected chi connectivity index (χ1v) is 7.47. The SMILES string of the molecule is CCc1ccccc1C(=O)Nc1cn[nH]c1C(=O)OC(C)(C)C. The number of hydrogen-bond donors (Lipinski definition) is 2. The number of aromatic nitrogens is 2. The van der Waals surface area contributed by atoms with Crippen LogP contribution >= 0.6 is 0 Å². The molecule has 0 spiro atoms. The number of benzene rings is 1. The first-order chi connectivity index (χ1) is 10.8. The number of H-pyrrole nitrogens is 1. The molecule has 122 valence electrons. The van der Waals surface area contributed by atoms with Crippen molar-refractivity contribution in [2.75, 3.05) is 5.32 Å². The molecule has 0 aliphatic rings. The molecule has 1 heterocycles. The van der Waals surface area contributed by atoms with Gasteiger partial charge in [0.05, 0.1) is 11.9 Å². The van der Waals surface area contributed by atoms with Crippen LogP contribution in [0.4, 0.5) is 5.69 Å². The van der Waals surface area contributed by atoms with Crippen molar-refractivity contribution in [2.45, 2.75) is 39.7 Å². The maximum absolute atomic E-state index is 12.4. The largest absolute Gasteiger partial charge is 0.455 e. The second-order valence-electron chi connectivity index (χ2n) is 6.13. The lowest BCUT2D eigenvalue weighted by atomic mass is 10.0. The molecule has 6 heteroatoms. The molecule has 0 bridgehead atoms. The summed E-state index contributed by atoms with van der Waals surface area (Å²) >= 11 is 0. The summed E-state index contributed by atoms with van der Waals surface area (Å²) in [5.41, 5.74) is 1.31. The van der Waals surface area contributed by atoms with E-state index in [9.17, 15) is 9.59 Å². The van der Waals surface area contributed by atoms with E-state index in [0.717, 1.165) is 12.0 Å². The van der Waals surface area contributed by atoms with Crippen LogP contribution in [-0.2, 0) is 11.2 Å². The van der Waals surface area contributed by atoms with Gasteiger partial charge in [-0.1, -0.05) is 25.1 Å². The van der Waals surface area contributed by atoms with E-state index in [0.29, 0.717) is 11.3 Å². The van der Waals surface area contributed by atoms with Crippen molar-refractivity contribution in [1.29, 1.82) is 0 Å². The van der Waals surface area contributed by atoms with Crippen molar-refractivity contribution in [3.05, 3.63) is 47.3 Å². The fourth-order valence-electron chi connectivity index (χ4n) is 2.11. The number of rotatable bonds is 4. The number of esters is 1. The van der Waals surface area contributed by atoms with E-state index in [1.807, 2.05) is 19.1 Å². The van der Waals surface area contributed by atoms with Gasteiger partial charge in [-0.3, -0.25) is 9.89 Å². The summed E-state index contributed by atoms with van der Waals surface area (Å²) in [5.74, 6) is -0.845. The highest BCUT2D eigenvalue weighted by molar-refractivity contribution is 6.08. The van der Waals surface area contributed by atoms with E-state index in [2.05, 4.69) is 15.5 Å². The maximum Gasteiger partial charge on any atom is 0.359 e. The zero-order valence-electron chi connectivity index (χ0n) is 13.8. The fraction of sp³-hybridized carbons (Fsp3) is 0.353. The lowest BCUT2D eigenvalue weighted by molar-refractivity contribution is 0.00641. The average molecular weight is 315 g/mol. The van der Waals surface area contributed by atoms with E-state index in [-0.39, 0.29) is 11.6 Å². The molecule has 6 nitrogen and oxygen atoms in total. The smallest absolute Gasteiger partial charge is 0.359 e. The number of nitrogens with zero attached hydrogens (tertiary/aromatic N) is 1. The van der Waals surface area contributed by atoms with Crippen molar-refractivity contribution in [3.8, 4) is 0 Å². The predicted molar refractivity (Wildman–Crippen MR) is 87.5 cm³/mol. The molecule has 23 heavy (non-hydrogen) atoms. The van der Waals surface area contributed by atoms with Crippen LogP contribution < -0.4 is 5.32 Å². The van der Waals surface area contributed by atoms with Crippen LogP contribution in [0.1, 0.15) is 54.1 Å². The average Bonchev–Trinajstić information content (AvgIpc) is 2.93. The van der Waals surface area contributed by atoms with Gasteiger partial charge in [0, 0.05) is 5.56 Å². The van der Waals surface area contributed by atoms with Crippen LogP contribution in [0.5, 0.6) is 0 Å². The van der Waals surface area contributed by atoms with E-state index in [1.54, 1.807) is 32.9 Å². The minimum Gasteiger partial charge on any atom is -0.455 e. The highest BCUT2D eigenvalue weighted by Gasteiger charge is 2.23. The van der Waals surface area contributed by atoms with Crippen molar-refractivity contribution in [3.63, 3.8) is 0 Å². The molecule has 2 N–H and O–H groups in total. The van der Waals surface area contributed by atoms with Crippen molar-refractivity contribution < 1.29 is 14.3 Å². The third kappa shape index (κ3) is 4.18. The molecule has 2 aromatic rings. The van der Waals surface area contributed by atoms with E-state index < -0.39 is 11.6 Å². The Morgan fingerprint density at radius 2 is 1.96 bits per heavy atom. The molecular formula is C17H21N3O3. The number of carbonyl (C=O) groups excluding carboxylic acids is 2. The van der Waals surface area contributed by atoms with Gasteiger partial charge in [-0.2, -0.15) is 5.10 Å². The Morgan fingerprint density at radius 3 is 2.61 bits per heavy atom. The Hall–Kier alpha value is -2.63. The van der Waals surface area contributed by atoms with Crippen molar-refractivity contribution >= 4 is 17.6 Å². The molecule has 0 aliphatic heterocycles. The molecule has 0 atom stereocenters. The number of ether oxygens (including phenoxy) is 1. The molecule has 0 saturated carbocycles. The van der Waals surface area contributed by atoms with Crippen LogP contribution in [0.3, 0.4) is 0 Å².